The molecule has 1 saturated heterocycles. The van der Waals surface area contributed by atoms with Gasteiger partial charge in [0.2, 0.25) is 5.91 Å². The zero-order chi connectivity index (χ0) is 21.0. The Morgan fingerprint density at radius 1 is 1.03 bits per heavy atom. The number of esters is 1. The number of hydrogen-bond donors (Lipinski definition) is 2. The molecule has 0 spiro atoms. The monoisotopic (exact) mass is 404 g/mol. The van der Waals surface area contributed by atoms with Crippen LogP contribution in [0.15, 0.2) is 42.5 Å². The second-order valence-electron chi connectivity index (χ2n) is 8.76. The van der Waals surface area contributed by atoms with Crippen molar-refractivity contribution in [1.29, 1.82) is 0 Å². The van der Waals surface area contributed by atoms with Crippen LogP contribution in [0.2, 0.25) is 0 Å². The molecule has 2 amide bonds. The fraction of sp³-hybridized carbons (Fsp3) is 0.375. The predicted octanol–water partition coefficient (Wildman–Crippen LogP) is 3.69. The number of anilines is 2. The zero-order valence-corrected chi connectivity index (χ0v) is 17.0. The summed E-state index contributed by atoms with van der Waals surface area (Å²) in [6, 6.07) is 12.7. The predicted molar refractivity (Wildman–Crippen MR) is 112 cm³/mol. The minimum absolute atomic E-state index is 0.00815. The number of rotatable bonds is 4. The van der Waals surface area contributed by atoms with E-state index in [1.54, 1.807) is 24.3 Å². The first-order chi connectivity index (χ1) is 14.4. The van der Waals surface area contributed by atoms with Crippen LogP contribution in [0.4, 0.5) is 11.4 Å². The van der Waals surface area contributed by atoms with Gasteiger partial charge in [0, 0.05) is 22.9 Å². The second-order valence-corrected chi connectivity index (χ2v) is 8.76. The first-order valence-electron chi connectivity index (χ1n) is 10.4. The van der Waals surface area contributed by atoms with Gasteiger partial charge in [0.15, 0.2) is 0 Å². The zero-order valence-electron chi connectivity index (χ0n) is 17.0. The highest BCUT2D eigenvalue weighted by Crippen LogP contribution is 2.57. The van der Waals surface area contributed by atoms with Crippen LogP contribution >= 0.6 is 0 Å². The number of carbonyl (C=O) groups is 3. The van der Waals surface area contributed by atoms with Gasteiger partial charge in [-0.05, 0) is 62.4 Å². The smallest absolute Gasteiger partial charge is 0.310 e. The summed E-state index contributed by atoms with van der Waals surface area (Å²) in [7, 11) is 0. The Balaban J connectivity index is 1.30. The van der Waals surface area contributed by atoms with E-state index in [2.05, 4.69) is 10.6 Å². The average molecular weight is 404 g/mol. The maximum absolute atomic E-state index is 13.0. The van der Waals surface area contributed by atoms with Crippen LogP contribution in [-0.2, 0) is 14.3 Å². The molecular formula is C24H24N2O4. The first kappa shape index (κ1) is 18.9. The van der Waals surface area contributed by atoms with E-state index in [1.165, 1.54) is 0 Å². The van der Waals surface area contributed by atoms with Crippen LogP contribution in [0, 0.1) is 37.5 Å². The van der Waals surface area contributed by atoms with E-state index in [0.717, 1.165) is 29.7 Å². The van der Waals surface area contributed by atoms with Crippen molar-refractivity contribution in [3.05, 3.63) is 59.2 Å². The Morgan fingerprint density at radius 2 is 1.87 bits per heavy atom. The summed E-state index contributed by atoms with van der Waals surface area (Å²) in [5.41, 5.74) is 3.90. The Morgan fingerprint density at radius 3 is 2.67 bits per heavy atom. The van der Waals surface area contributed by atoms with Gasteiger partial charge in [0.05, 0.1) is 11.8 Å². The molecule has 2 aromatic carbocycles. The van der Waals surface area contributed by atoms with Crippen molar-refractivity contribution in [1.82, 2.24) is 0 Å². The lowest BCUT2D eigenvalue weighted by atomic mass is 9.79. The molecule has 0 radical (unpaired) electrons. The van der Waals surface area contributed by atoms with Crippen LogP contribution in [-0.4, -0.2) is 23.9 Å². The van der Waals surface area contributed by atoms with Gasteiger partial charge < -0.3 is 15.4 Å². The Labute approximate surface area is 175 Å². The topological polar surface area (TPSA) is 84.5 Å². The molecule has 3 aliphatic rings. The summed E-state index contributed by atoms with van der Waals surface area (Å²) in [4.78, 5) is 37.8. The Hall–Kier alpha value is -3.15. The van der Waals surface area contributed by atoms with Crippen molar-refractivity contribution in [2.24, 2.45) is 23.7 Å². The van der Waals surface area contributed by atoms with Gasteiger partial charge in [0.1, 0.15) is 6.10 Å². The summed E-state index contributed by atoms with van der Waals surface area (Å²) in [6.45, 7) is 3.96. The van der Waals surface area contributed by atoms with Gasteiger partial charge in [0.25, 0.3) is 5.91 Å². The molecule has 154 valence electrons. The number of aryl methyl sites for hydroxylation is 2. The molecule has 2 aliphatic carbocycles. The van der Waals surface area contributed by atoms with E-state index in [0.29, 0.717) is 11.3 Å². The van der Waals surface area contributed by atoms with Crippen molar-refractivity contribution in [2.75, 3.05) is 10.6 Å². The highest BCUT2D eigenvalue weighted by molar-refractivity contribution is 6.06. The maximum atomic E-state index is 13.0. The van der Waals surface area contributed by atoms with Gasteiger partial charge in [-0.25, -0.2) is 0 Å². The third kappa shape index (κ3) is 3.07. The summed E-state index contributed by atoms with van der Waals surface area (Å²) in [5, 5.41) is 5.85. The van der Waals surface area contributed by atoms with Crippen LogP contribution in [0.3, 0.4) is 0 Å². The van der Waals surface area contributed by atoms with Crippen LogP contribution in [0.1, 0.15) is 34.3 Å². The average Bonchev–Trinajstić information content (AvgIpc) is 3.33. The van der Waals surface area contributed by atoms with Gasteiger partial charge in [-0.2, -0.15) is 0 Å². The number of nitrogens with one attached hydrogen (secondary N) is 2. The van der Waals surface area contributed by atoms with Crippen molar-refractivity contribution in [2.45, 2.75) is 32.8 Å². The van der Waals surface area contributed by atoms with E-state index in [-0.39, 0.29) is 47.6 Å². The fourth-order valence-corrected chi connectivity index (χ4v) is 5.48. The summed E-state index contributed by atoms with van der Waals surface area (Å²) in [6.07, 6.45) is 1.68. The van der Waals surface area contributed by atoms with E-state index in [9.17, 15) is 14.4 Å². The Bertz CT molecular complexity index is 1060. The number of hydrogen-bond acceptors (Lipinski definition) is 4. The summed E-state index contributed by atoms with van der Waals surface area (Å²) in [5.74, 6) is -0.886. The molecule has 5 atom stereocenters. The molecule has 6 heteroatoms. The van der Waals surface area contributed by atoms with Gasteiger partial charge in [-0.1, -0.05) is 23.8 Å². The number of fused-ring (bicyclic) bond motifs is 1. The van der Waals surface area contributed by atoms with Crippen LogP contribution in [0.25, 0.3) is 0 Å². The molecule has 0 aromatic heterocycles. The highest BCUT2D eigenvalue weighted by Gasteiger charge is 2.63. The molecule has 1 heterocycles. The third-order valence-electron chi connectivity index (χ3n) is 6.81. The van der Waals surface area contributed by atoms with Crippen LogP contribution in [0.5, 0.6) is 0 Å². The van der Waals surface area contributed by atoms with Crippen molar-refractivity contribution < 1.29 is 19.1 Å². The number of amides is 2. The second kappa shape index (κ2) is 6.97. The van der Waals surface area contributed by atoms with Gasteiger partial charge in [-0.3, -0.25) is 14.4 Å². The largest absolute Gasteiger partial charge is 0.462 e. The fourth-order valence-electron chi connectivity index (χ4n) is 5.48. The molecule has 1 aliphatic heterocycles. The number of ether oxygens (including phenoxy) is 1. The van der Waals surface area contributed by atoms with Gasteiger partial charge in [-0.15, -0.1) is 0 Å². The minimum atomic E-state index is -0.339. The highest BCUT2D eigenvalue weighted by atomic mass is 16.6. The molecule has 5 rings (SSSR count). The SMILES string of the molecule is Cc1ccc(NC(=O)c2cccc(NC(=O)[C@H]3[C@@H]4C[C@@H]5[C@@H]3C(=O)O[C@@H]5C4)c2)c(C)c1. The minimum Gasteiger partial charge on any atom is -0.462 e. The normalized spacial score (nSPS) is 28.3. The Kier molecular flexibility index (Phi) is 4.38. The van der Waals surface area contributed by atoms with E-state index < -0.39 is 0 Å². The number of carbonyl (C=O) groups excluding carboxylic acids is 3. The molecule has 0 unspecified atom stereocenters. The third-order valence-corrected chi connectivity index (χ3v) is 6.81. The molecule has 6 nitrogen and oxygen atoms in total. The lowest BCUT2D eigenvalue weighted by Crippen LogP contribution is -2.35. The maximum Gasteiger partial charge on any atom is 0.310 e. The molecular weight excluding hydrogens is 380 g/mol. The molecule has 3 fully saturated rings. The standard InChI is InChI=1S/C24H24N2O4/c1-12-6-7-18(13(2)8-12)26-22(27)14-4-3-5-16(9-14)25-23(28)20-15-10-17-19(11-15)30-24(29)21(17)20/h3-9,15,17,19-21H,10-11H2,1-2H3,(H,25,28)(H,26,27)/t15-,17+,19-,20+,21+/m1/s1. The van der Waals surface area contributed by atoms with E-state index in [4.69, 9.17) is 4.74 Å². The summed E-state index contributed by atoms with van der Waals surface area (Å²) >= 11 is 0. The molecule has 2 saturated carbocycles. The number of benzene rings is 2. The lowest BCUT2D eigenvalue weighted by molar-refractivity contribution is -0.145. The van der Waals surface area contributed by atoms with Gasteiger partial charge >= 0.3 is 5.97 Å². The quantitative estimate of drug-likeness (QED) is 0.761. The van der Waals surface area contributed by atoms with Crippen molar-refractivity contribution in [3.8, 4) is 0 Å². The molecule has 30 heavy (non-hydrogen) atoms. The first-order valence-corrected chi connectivity index (χ1v) is 10.4. The van der Waals surface area contributed by atoms with E-state index in [1.807, 2.05) is 32.0 Å². The van der Waals surface area contributed by atoms with E-state index >= 15 is 0 Å². The molecule has 2 aromatic rings. The summed E-state index contributed by atoms with van der Waals surface area (Å²) < 4.78 is 5.42. The van der Waals surface area contributed by atoms with Crippen LogP contribution < -0.4 is 10.6 Å². The lowest BCUT2D eigenvalue weighted by Gasteiger charge is -2.23. The molecule has 2 bridgehead atoms. The van der Waals surface area contributed by atoms with Crippen molar-refractivity contribution >= 4 is 29.2 Å². The van der Waals surface area contributed by atoms with Crippen molar-refractivity contribution in [3.63, 3.8) is 0 Å². The molecule has 2 N–H and O–H groups in total.